The highest BCUT2D eigenvalue weighted by molar-refractivity contribution is 5.74. The molecular weight excluding hydrogens is 606 g/mol. The minimum atomic E-state index is 0.431. The molecule has 1 aromatic carbocycles. The molecule has 0 fully saturated rings. The second kappa shape index (κ2) is 36.1. The number of aldehydes is 1. The molecule has 0 atom stereocenters. The molecule has 0 spiro atoms. The van der Waals surface area contributed by atoms with E-state index in [4.69, 9.17) is 56.8 Å². The Morgan fingerprint density at radius 1 is 0.413 bits per heavy atom. The fourth-order valence-corrected chi connectivity index (χ4v) is 3.34. The highest BCUT2D eigenvalue weighted by atomic mass is 16.6. The van der Waals surface area contributed by atoms with Crippen LogP contribution in [0.5, 0.6) is 5.75 Å². The van der Waals surface area contributed by atoms with Crippen molar-refractivity contribution < 1.29 is 61.6 Å². The third kappa shape index (κ3) is 30.8. The van der Waals surface area contributed by atoms with Gasteiger partial charge in [-0.15, -0.1) is 0 Å². The number of hydrogen-bond donors (Lipinski definition) is 1. The summed E-state index contributed by atoms with van der Waals surface area (Å²) in [6.07, 6.45) is 0.798. The van der Waals surface area contributed by atoms with Crippen LogP contribution < -0.4 is 10.1 Å². The third-order valence-corrected chi connectivity index (χ3v) is 5.73. The number of benzene rings is 1. The summed E-state index contributed by atoms with van der Waals surface area (Å²) < 4.78 is 65.5. The van der Waals surface area contributed by atoms with E-state index in [9.17, 15) is 4.79 Å². The van der Waals surface area contributed by atoms with Crippen LogP contribution in [0.15, 0.2) is 24.3 Å². The van der Waals surface area contributed by atoms with E-state index in [1.54, 1.807) is 24.3 Å². The van der Waals surface area contributed by atoms with Crippen molar-refractivity contribution in [3.63, 3.8) is 0 Å². The average molecular weight is 664 g/mol. The molecule has 1 aromatic rings. The second-order valence-electron chi connectivity index (χ2n) is 9.37. The fourth-order valence-electron chi connectivity index (χ4n) is 3.34. The van der Waals surface area contributed by atoms with Crippen LogP contribution in [0, 0.1) is 0 Å². The Morgan fingerprint density at radius 2 is 0.674 bits per heavy atom. The van der Waals surface area contributed by atoms with Crippen LogP contribution in [0.4, 0.5) is 0 Å². The Bertz CT molecular complexity index is 745. The van der Waals surface area contributed by atoms with Gasteiger partial charge in [-0.1, -0.05) is 0 Å². The lowest BCUT2D eigenvalue weighted by Crippen LogP contribution is -2.17. The quantitative estimate of drug-likeness (QED) is 0.0803. The van der Waals surface area contributed by atoms with Crippen LogP contribution in [0.3, 0.4) is 0 Å². The summed E-state index contributed by atoms with van der Waals surface area (Å²) in [5.41, 5.74) is 0.618. The van der Waals surface area contributed by atoms with Crippen LogP contribution >= 0.6 is 0 Å². The van der Waals surface area contributed by atoms with Gasteiger partial charge in [0.15, 0.2) is 0 Å². The van der Waals surface area contributed by atoms with E-state index in [0.717, 1.165) is 12.8 Å². The number of carbonyl (C=O) groups excluding carboxylic acids is 1. The van der Waals surface area contributed by atoms with E-state index in [1.807, 2.05) is 7.05 Å². The van der Waals surface area contributed by atoms with Crippen LogP contribution in [0.25, 0.3) is 0 Å². The minimum absolute atomic E-state index is 0.431. The van der Waals surface area contributed by atoms with E-state index in [-0.39, 0.29) is 0 Å². The van der Waals surface area contributed by atoms with Crippen molar-refractivity contribution in [2.45, 2.75) is 0 Å². The standard InChI is InChI=1S/C32H57NO13/c1-33-6-7-35-8-9-36-10-11-37-12-13-38-14-15-39-16-17-40-18-19-41-20-21-42-22-23-43-24-25-44-26-27-45-28-29-46-32-4-2-31(30-34)3-5-32/h2-5,30,33H,6-29H2,1H3. The van der Waals surface area contributed by atoms with E-state index in [2.05, 4.69) is 5.32 Å². The van der Waals surface area contributed by atoms with E-state index < -0.39 is 0 Å². The van der Waals surface area contributed by atoms with E-state index >= 15 is 0 Å². The van der Waals surface area contributed by atoms with Gasteiger partial charge < -0.3 is 62.2 Å². The molecule has 268 valence electrons. The number of carbonyl (C=O) groups is 1. The molecule has 0 unspecified atom stereocenters. The Morgan fingerprint density at radius 3 is 0.935 bits per heavy atom. The van der Waals surface area contributed by atoms with Crippen molar-refractivity contribution in [2.75, 3.05) is 166 Å². The molecule has 0 bridgehead atoms. The molecular formula is C32H57NO13. The largest absolute Gasteiger partial charge is 0.491 e. The minimum Gasteiger partial charge on any atom is -0.491 e. The summed E-state index contributed by atoms with van der Waals surface area (Å²) in [4.78, 5) is 10.6. The van der Waals surface area contributed by atoms with Crippen molar-refractivity contribution in [3.05, 3.63) is 29.8 Å². The zero-order valence-corrected chi connectivity index (χ0v) is 27.7. The maximum Gasteiger partial charge on any atom is 0.150 e. The molecule has 0 heterocycles. The van der Waals surface area contributed by atoms with Crippen molar-refractivity contribution in [1.29, 1.82) is 0 Å². The molecule has 0 aliphatic rings. The second-order valence-corrected chi connectivity index (χ2v) is 9.37. The molecule has 0 radical (unpaired) electrons. The maximum atomic E-state index is 10.6. The maximum absolute atomic E-state index is 10.6. The van der Waals surface area contributed by atoms with E-state index in [1.165, 1.54) is 0 Å². The smallest absolute Gasteiger partial charge is 0.150 e. The highest BCUT2D eigenvalue weighted by Crippen LogP contribution is 2.10. The van der Waals surface area contributed by atoms with Crippen molar-refractivity contribution in [3.8, 4) is 5.75 Å². The van der Waals surface area contributed by atoms with Gasteiger partial charge in [-0.2, -0.15) is 0 Å². The number of hydrogen-bond acceptors (Lipinski definition) is 14. The number of nitrogens with one attached hydrogen (secondary N) is 1. The molecule has 0 saturated carbocycles. The summed E-state index contributed by atoms with van der Waals surface area (Å²) in [6.45, 7) is 12.7. The predicted molar refractivity (Wildman–Crippen MR) is 170 cm³/mol. The Labute approximate surface area is 274 Å². The lowest BCUT2D eigenvalue weighted by atomic mass is 10.2. The monoisotopic (exact) mass is 663 g/mol. The Balaban J connectivity index is 1.63. The van der Waals surface area contributed by atoms with Crippen LogP contribution in [0.1, 0.15) is 10.4 Å². The molecule has 46 heavy (non-hydrogen) atoms. The van der Waals surface area contributed by atoms with Gasteiger partial charge in [0, 0.05) is 12.1 Å². The normalized spacial score (nSPS) is 11.3. The molecule has 0 saturated heterocycles. The van der Waals surface area contributed by atoms with Gasteiger partial charge in [0.1, 0.15) is 18.6 Å². The van der Waals surface area contributed by atoms with Gasteiger partial charge in [-0.3, -0.25) is 4.79 Å². The summed E-state index contributed by atoms with van der Waals surface area (Å²) in [7, 11) is 1.89. The zero-order valence-electron chi connectivity index (χ0n) is 27.7. The molecule has 1 rings (SSSR count). The van der Waals surface area contributed by atoms with Crippen molar-refractivity contribution >= 4 is 6.29 Å². The number of likely N-dealkylation sites (N-methyl/N-ethyl adjacent to an activating group) is 1. The summed E-state index contributed by atoms with van der Waals surface area (Å²) in [6, 6.07) is 6.93. The van der Waals surface area contributed by atoms with Crippen LogP contribution in [0.2, 0.25) is 0 Å². The number of rotatable bonds is 38. The first-order valence-corrected chi connectivity index (χ1v) is 16.0. The van der Waals surface area contributed by atoms with Crippen LogP contribution in [-0.4, -0.2) is 172 Å². The van der Waals surface area contributed by atoms with Gasteiger partial charge >= 0.3 is 0 Å². The fraction of sp³-hybridized carbons (Fsp3) is 0.781. The molecule has 0 amide bonds. The Kier molecular flexibility index (Phi) is 33.1. The zero-order chi connectivity index (χ0) is 32.9. The van der Waals surface area contributed by atoms with Gasteiger partial charge in [0.25, 0.3) is 0 Å². The average Bonchev–Trinajstić information content (AvgIpc) is 3.08. The summed E-state index contributed by atoms with van der Waals surface area (Å²) >= 11 is 0. The van der Waals surface area contributed by atoms with E-state index in [0.29, 0.717) is 163 Å². The lowest BCUT2D eigenvalue weighted by molar-refractivity contribution is -0.0277. The first-order valence-electron chi connectivity index (χ1n) is 16.0. The summed E-state index contributed by atoms with van der Waals surface area (Å²) in [5, 5.41) is 3.02. The van der Waals surface area contributed by atoms with Gasteiger partial charge in [0.05, 0.1) is 145 Å². The van der Waals surface area contributed by atoms with Gasteiger partial charge in [-0.05, 0) is 31.3 Å². The predicted octanol–water partition coefficient (Wildman–Crippen LogP) is 1.28. The molecule has 1 N–H and O–H groups in total. The molecule has 14 nitrogen and oxygen atoms in total. The third-order valence-electron chi connectivity index (χ3n) is 5.73. The van der Waals surface area contributed by atoms with Crippen molar-refractivity contribution in [1.82, 2.24) is 5.32 Å². The van der Waals surface area contributed by atoms with Crippen LogP contribution in [-0.2, 0) is 52.1 Å². The highest BCUT2D eigenvalue weighted by Gasteiger charge is 1.98. The molecule has 0 aliphatic carbocycles. The first-order chi connectivity index (χ1) is 22.9. The first kappa shape index (κ1) is 42.2. The number of ether oxygens (including phenoxy) is 12. The topological polar surface area (TPSA) is 140 Å². The molecule has 0 aliphatic heterocycles. The SMILES string of the molecule is CNCCOCCOCCOCCOCCOCCOCCOCCOCCOCCOCCOCCOc1ccc(C=O)cc1. The Hall–Kier alpha value is -1.79. The lowest BCUT2D eigenvalue weighted by Gasteiger charge is -2.09. The molecule has 14 heteroatoms. The van der Waals surface area contributed by atoms with Gasteiger partial charge in [0.2, 0.25) is 0 Å². The van der Waals surface area contributed by atoms with Crippen molar-refractivity contribution in [2.24, 2.45) is 0 Å². The summed E-state index contributed by atoms with van der Waals surface area (Å²) in [5.74, 6) is 0.704. The van der Waals surface area contributed by atoms with Gasteiger partial charge in [-0.25, -0.2) is 0 Å². The molecule has 0 aromatic heterocycles.